The van der Waals surface area contributed by atoms with E-state index in [0.29, 0.717) is 17.7 Å². The van der Waals surface area contributed by atoms with Crippen molar-refractivity contribution in [2.75, 3.05) is 31.2 Å². The first kappa shape index (κ1) is 24.4. The SMILES string of the molecule is CCC(NC(=O)CN(c1ccc(C(=O)N(C)C)cc1)S(C)(=O)=O)c1ccc(C)c(C)c1. The fourth-order valence-electron chi connectivity index (χ4n) is 3.20. The standard InChI is InChI=1S/C23H31N3O4S/c1-7-21(19-9-8-16(2)17(3)14-19)24-22(27)15-26(31(6,29)30)20-12-10-18(11-13-20)23(28)25(4)5/h8-14,21H,7,15H2,1-6H3,(H,24,27). The van der Waals surface area contributed by atoms with Crippen molar-refractivity contribution in [3.05, 3.63) is 64.7 Å². The normalized spacial score (nSPS) is 12.2. The number of anilines is 1. The van der Waals surface area contributed by atoms with E-state index in [-0.39, 0.29) is 18.5 Å². The average molecular weight is 446 g/mol. The number of hydrogen-bond acceptors (Lipinski definition) is 4. The van der Waals surface area contributed by atoms with E-state index < -0.39 is 15.9 Å². The van der Waals surface area contributed by atoms with Crippen molar-refractivity contribution in [2.45, 2.75) is 33.2 Å². The van der Waals surface area contributed by atoms with Crippen molar-refractivity contribution >= 4 is 27.5 Å². The maximum Gasteiger partial charge on any atom is 0.253 e. The minimum absolute atomic E-state index is 0.186. The maximum atomic E-state index is 12.8. The van der Waals surface area contributed by atoms with Crippen LogP contribution in [0.15, 0.2) is 42.5 Å². The Morgan fingerprint density at radius 3 is 2.10 bits per heavy atom. The smallest absolute Gasteiger partial charge is 0.253 e. The summed E-state index contributed by atoms with van der Waals surface area (Å²) in [5.74, 6) is -0.585. The number of sulfonamides is 1. The van der Waals surface area contributed by atoms with E-state index in [1.54, 1.807) is 26.2 Å². The monoisotopic (exact) mass is 445 g/mol. The van der Waals surface area contributed by atoms with Crippen LogP contribution < -0.4 is 9.62 Å². The molecular weight excluding hydrogens is 414 g/mol. The molecule has 1 atom stereocenters. The van der Waals surface area contributed by atoms with Gasteiger partial charge in [0.05, 0.1) is 18.0 Å². The molecule has 0 aliphatic rings. The molecule has 0 aliphatic heterocycles. The highest BCUT2D eigenvalue weighted by Gasteiger charge is 2.23. The Morgan fingerprint density at radius 1 is 1.00 bits per heavy atom. The summed E-state index contributed by atoms with van der Waals surface area (Å²) in [7, 11) is -0.421. The molecule has 2 aromatic rings. The minimum atomic E-state index is -3.70. The zero-order chi connectivity index (χ0) is 23.3. The summed E-state index contributed by atoms with van der Waals surface area (Å²) in [5.41, 5.74) is 4.05. The largest absolute Gasteiger partial charge is 0.348 e. The van der Waals surface area contributed by atoms with Gasteiger partial charge in [0.1, 0.15) is 6.54 Å². The molecule has 0 saturated heterocycles. The summed E-state index contributed by atoms with van der Waals surface area (Å²) < 4.78 is 25.8. The van der Waals surface area contributed by atoms with Crippen molar-refractivity contribution in [3.63, 3.8) is 0 Å². The second-order valence-electron chi connectivity index (χ2n) is 7.89. The van der Waals surface area contributed by atoms with Gasteiger partial charge in [0, 0.05) is 19.7 Å². The highest BCUT2D eigenvalue weighted by molar-refractivity contribution is 7.92. The fraction of sp³-hybridized carbons (Fsp3) is 0.391. The molecule has 0 radical (unpaired) electrons. The second-order valence-corrected chi connectivity index (χ2v) is 9.79. The Labute approximate surface area is 185 Å². The van der Waals surface area contributed by atoms with Crippen LogP contribution >= 0.6 is 0 Å². The van der Waals surface area contributed by atoms with Crippen molar-refractivity contribution in [1.82, 2.24) is 10.2 Å². The molecule has 7 nitrogen and oxygen atoms in total. The summed E-state index contributed by atoms with van der Waals surface area (Å²) in [5, 5.41) is 2.94. The van der Waals surface area contributed by atoms with Crippen LogP contribution in [0.1, 0.15) is 46.4 Å². The molecule has 0 aromatic heterocycles. The maximum absolute atomic E-state index is 12.8. The Kier molecular flexibility index (Phi) is 7.84. The van der Waals surface area contributed by atoms with Gasteiger partial charge in [0.15, 0.2) is 0 Å². The predicted octanol–water partition coefficient (Wildman–Crippen LogP) is 3.04. The first-order valence-corrected chi connectivity index (χ1v) is 11.9. The van der Waals surface area contributed by atoms with Gasteiger partial charge in [-0.1, -0.05) is 25.1 Å². The third-order valence-corrected chi connectivity index (χ3v) is 6.31. The molecule has 0 spiro atoms. The number of carbonyl (C=O) groups is 2. The molecule has 0 heterocycles. The molecule has 1 N–H and O–H groups in total. The predicted molar refractivity (Wildman–Crippen MR) is 124 cm³/mol. The molecule has 8 heteroatoms. The van der Waals surface area contributed by atoms with E-state index in [0.717, 1.165) is 21.7 Å². The average Bonchev–Trinajstić information content (AvgIpc) is 2.71. The summed E-state index contributed by atoms with van der Waals surface area (Å²) in [6.07, 6.45) is 1.73. The lowest BCUT2D eigenvalue weighted by Crippen LogP contribution is -2.41. The van der Waals surface area contributed by atoms with Crippen molar-refractivity contribution in [3.8, 4) is 0 Å². The van der Waals surface area contributed by atoms with E-state index >= 15 is 0 Å². The lowest BCUT2D eigenvalue weighted by Gasteiger charge is -2.24. The van der Waals surface area contributed by atoms with Crippen molar-refractivity contribution in [2.24, 2.45) is 0 Å². The van der Waals surface area contributed by atoms with Gasteiger partial charge in [-0.05, 0) is 61.2 Å². The molecule has 2 aromatic carbocycles. The zero-order valence-electron chi connectivity index (χ0n) is 19.0. The van der Waals surface area contributed by atoms with Crippen LogP contribution in [0.3, 0.4) is 0 Å². The second kappa shape index (κ2) is 9.96. The van der Waals surface area contributed by atoms with Crippen molar-refractivity contribution in [1.29, 1.82) is 0 Å². The van der Waals surface area contributed by atoms with Crippen LogP contribution in [-0.4, -0.2) is 52.0 Å². The number of hydrogen-bond donors (Lipinski definition) is 1. The number of benzene rings is 2. The Hall–Kier alpha value is -2.87. The van der Waals surface area contributed by atoms with Gasteiger partial charge in [0.25, 0.3) is 5.91 Å². The van der Waals surface area contributed by atoms with Crippen LogP contribution in [0.25, 0.3) is 0 Å². The van der Waals surface area contributed by atoms with Crippen molar-refractivity contribution < 1.29 is 18.0 Å². The number of nitrogens with zero attached hydrogens (tertiary/aromatic N) is 2. The lowest BCUT2D eigenvalue weighted by molar-refractivity contribution is -0.120. The molecule has 0 bridgehead atoms. The summed E-state index contributed by atoms with van der Waals surface area (Å²) in [4.78, 5) is 26.3. The zero-order valence-corrected chi connectivity index (χ0v) is 19.8. The molecule has 0 aliphatic carbocycles. The van der Waals surface area contributed by atoms with E-state index in [2.05, 4.69) is 5.32 Å². The molecule has 31 heavy (non-hydrogen) atoms. The molecule has 2 amide bonds. The summed E-state index contributed by atoms with van der Waals surface area (Å²) in [6, 6.07) is 12.0. The van der Waals surface area contributed by atoms with E-state index in [9.17, 15) is 18.0 Å². The van der Waals surface area contributed by atoms with Gasteiger partial charge in [-0.2, -0.15) is 0 Å². The van der Waals surface area contributed by atoms with Crippen LogP contribution in [0.4, 0.5) is 5.69 Å². The van der Waals surface area contributed by atoms with E-state index in [1.165, 1.54) is 22.6 Å². The minimum Gasteiger partial charge on any atom is -0.348 e. The van der Waals surface area contributed by atoms with Gasteiger partial charge in [0.2, 0.25) is 15.9 Å². The summed E-state index contributed by atoms with van der Waals surface area (Å²) in [6.45, 7) is 5.67. The first-order valence-electron chi connectivity index (χ1n) is 10.1. The highest BCUT2D eigenvalue weighted by atomic mass is 32.2. The van der Waals surface area contributed by atoms with Gasteiger partial charge in [-0.25, -0.2) is 8.42 Å². The number of carbonyl (C=O) groups excluding carboxylic acids is 2. The first-order chi connectivity index (χ1) is 14.4. The van der Waals surface area contributed by atoms with Crippen LogP contribution in [0, 0.1) is 13.8 Å². The van der Waals surface area contributed by atoms with Crippen LogP contribution in [-0.2, 0) is 14.8 Å². The number of nitrogens with one attached hydrogen (secondary N) is 1. The van der Waals surface area contributed by atoms with Gasteiger partial charge in [-0.15, -0.1) is 0 Å². The molecule has 1 unspecified atom stereocenters. The van der Waals surface area contributed by atoms with Crippen LogP contribution in [0.5, 0.6) is 0 Å². The van der Waals surface area contributed by atoms with Gasteiger partial charge in [-0.3, -0.25) is 13.9 Å². The number of aryl methyl sites for hydroxylation is 2. The van der Waals surface area contributed by atoms with Gasteiger partial charge < -0.3 is 10.2 Å². The lowest BCUT2D eigenvalue weighted by atomic mass is 9.99. The molecular formula is C23H31N3O4S. The third kappa shape index (κ3) is 6.30. The highest BCUT2D eigenvalue weighted by Crippen LogP contribution is 2.21. The van der Waals surface area contributed by atoms with Crippen LogP contribution in [0.2, 0.25) is 0 Å². The Morgan fingerprint density at radius 2 is 1.61 bits per heavy atom. The molecule has 0 saturated carbocycles. The number of amides is 2. The quantitative estimate of drug-likeness (QED) is 0.677. The fourth-order valence-corrected chi connectivity index (χ4v) is 4.06. The summed E-state index contributed by atoms with van der Waals surface area (Å²) >= 11 is 0. The van der Waals surface area contributed by atoms with E-state index in [1.807, 2.05) is 39.0 Å². The van der Waals surface area contributed by atoms with Gasteiger partial charge >= 0.3 is 0 Å². The van der Waals surface area contributed by atoms with E-state index in [4.69, 9.17) is 0 Å². The Bertz CT molecular complexity index is 1050. The molecule has 168 valence electrons. The molecule has 2 rings (SSSR count). The number of rotatable bonds is 8. The Balaban J connectivity index is 2.21. The third-order valence-electron chi connectivity index (χ3n) is 5.17. The molecule has 0 fully saturated rings. The topological polar surface area (TPSA) is 86.8 Å².